The third-order valence-corrected chi connectivity index (χ3v) is 3.39. The topological polar surface area (TPSA) is 33.1 Å². The Morgan fingerprint density at radius 3 is 2.37 bits per heavy atom. The quantitative estimate of drug-likeness (QED) is 0.860. The molecular formula is C11H6F5NOS. The molecule has 0 amide bonds. The van der Waals surface area contributed by atoms with E-state index >= 15 is 0 Å². The Morgan fingerprint density at radius 1 is 1.16 bits per heavy atom. The van der Waals surface area contributed by atoms with E-state index in [4.69, 9.17) is 0 Å². The number of aromatic nitrogens is 1. The van der Waals surface area contributed by atoms with Crippen molar-refractivity contribution in [3.8, 4) is 0 Å². The lowest BCUT2D eigenvalue weighted by molar-refractivity contribution is -0.137. The molecule has 1 aromatic carbocycles. The summed E-state index contributed by atoms with van der Waals surface area (Å²) in [7, 11) is 0. The summed E-state index contributed by atoms with van der Waals surface area (Å²) in [6, 6.07) is 2.61. The number of thiazole rings is 1. The number of hydrogen-bond acceptors (Lipinski definition) is 3. The van der Waals surface area contributed by atoms with E-state index in [-0.39, 0.29) is 21.8 Å². The predicted molar refractivity (Wildman–Crippen MR) is 57.5 cm³/mol. The van der Waals surface area contributed by atoms with Gasteiger partial charge in [0.15, 0.2) is 16.6 Å². The van der Waals surface area contributed by atoms with Gasteiger partial charge in [0.2, 0.25) is 0 Å². The molecular weight excluding hydrogens is 289 g/mol. The standard InChI is InChI=1S/C11H6F5NOS/c12-6-2-1-5(3-7(6)13)9(18)8-4-17-10(19-8)11(14,15)16/h1-4,9,18H. The third kappa shape index (κ3) is 2.90. The molecule has 1 N–H and O–H groups in total. The van der Waals surface area contributed by atoms with E-state index in [0.29, 0.717) is 0 Å². The Labute approximate surface area is 108 Å². The first-order valence-electron chi connectivity index (χ1n) is 4.95. The van der Waals surface area contributed by atoms with E-state index in [1.165, 1.54) is 0 Å². The van der Waals surface area contributed by atoms with Crippen LogP contribution in [0, 0.1) is 11.6 Å². The van der Waals surface area contributed by atoms with E-state index < -0.39 is 28.9 Å². The van der Waals surface area contributed by atoms with Crippen LogP contribution in [0.3, 0.4) is 0 Å². The number of benzene rings is 1. The van der Waals surface area contributed by atoms with Crippen molar-refractivity contribution in [2.45, 2.75) is 12.3 Å². The minimum absolute atomic E-state index is 0.0451. The molecule has 8 heteroatoms. The fourth-order valence-electron chi connectivity index (χ4n) is 1.39. The molecule has 19 heavy (non-hydrogen) atoms. The van der Waals surface area contributed by atoms with Gasteiger partial charge in [-0.2, -0.15) is 13.2 Å². The molecule has 1 heterocycles. The van der Waals surface area contributed by atoms with Gasteiger partial charge < -0.3 is 5.11 Å². The molecule has 0 saturated carbocycles. The van der Waals surface area contributed by atoms with E-state index in [2.05, 4.69) is 4.98 Å². The van der Waals surface area contributed by atoms with Crippen molar-refractivity contribution in [2.24, 2.45) is 0 Å². The lowest BCUT2D eigenvalue weighted by Gasteiger charge is -2.08. The maximum absolute atomic E-state index is 13.0. The van der Waals surface area contributed by atoms with Crippen LogP contribution in [0.25, 0.3) is 0 Å². The van der Waals surface area contributed by atoms with E-state index in [9.17, 15) is 27.1 Å². The van der Waals surface area contributed by atoms with E-state index in [1.807, 2.05) is 0 Å². The van der Waals surface area contributed by atoms with Crippen LogP contribution >= 0.6 is 11.3 Å². The molecule has 0 spiro atoms. The first-order chi connectivity index (χ1) is 8.79. The second-order valence-electron chi connectivity index (χ2n) is 3.64. The number of aliphatic hydroxyl groups excluding tert-OH is 1. The Bertz CT molecular complexity index is 595. The van der Waals surface area contributed by atoms with Crippen LogP contribution in [-0.4, -0.2) is 10.1 Å². The molecule has 2 nitrogen and oxygen atoms in total. The van der Waals surface area contributed by atoms with Crippen LogP contribution < -0.4 is 0 Å². The van der Waals surface area contributed by atoms with Gasteiger partial charge in [-0.3, -0.25) is 0 Å². The molecule has 0 fully saturated rings. The van der Waals surface area contributed by atoms with Crippen LogP contribution in [0.4, 0.5) is 22.0 Å². The predicted octanol–water partition coefficient (Wildman–Crippen LogP) is 3.52. The number of nitrogens with zero attached hydrogens (tertiary/aromatic N) is 1. The lowest BCUT2D eigenvalue weighted by Crippen LogP contribution is -2.03. The number of halogens is 5. The van der Waals surface area contributed by atoms with E-state index in [0.717, 1.165) is 24.4 Å². The summed E-state index contributed by atoms with van der Waals surface area (Å²) in [5.41, 5.74) is -0.0451. The summed E-state index contributed by atoms with van der Waals surface area (Å²) < 4.78 is 62.7. The summed E-state index contributed by atoms with van der Waals surface area (Å²) in [5, 5.41) is 8.69. The highest BCUT2D eigenvalue weighted by molar-refractivity contribution is 7.11. The van der Waals surface area contributed by atoms with Gasteiger partial charge in [0.05, 0.1) is 4.88 Å². The molecule has 0 aliphatic rings. The summed E-state index contributed by atoms with van der Waals surface area (Å²) in [6.07, 6.45) is -5.22. The van der Waals surface area contributed by atoms with Crippen molar-refractivity contribution in [2.75, 3.05) is 0 Å². The highest BCUT2D eigenvalue weighted by Gasteiger charge is 2.35. The molecule has 1 atom stereocenters. The number of hydrogen-bond donors (Lipinski definition) is 1. The molecule has 2 rings (SSSR count). The van der Waals surface area contributed by atoms with Gasteiger partial charge in [-0.05, 0) is 17.7 Å². The van der Waals surface area contributed by atoms with Crippen LogP contribution in [0.5, 0.6) is 0 Å². The fraction of sp³-hybridized carbons (Fsp3) is 0.182. The van der Waals surface area contributed by atoms with Gasteiger partial charge in [-0.1, -0.05) is 6.07 Å². The number of rotatable bonds is 2. The number of alkyl halides is 3. The highest BCUT2D eigenvalue weighted by Crippen LogP contribution is 2.36. The summed E-state index contributed by atoms with van der Waals surface area (Å²) in [4.78, 5) is 3.04. The van der Waals surface area contributed by atoms with Crippen molar-refractivity contribution < 1.29 is 27.1 Å². The van der Waals surface area contributed by atoms with Gasteiger partial charge in [0.1, 0.15) is 6.10 Å². The normalized spacial score (nSPS) is 13.6. The lowest BCUT2D eigenvalue weighted by atomic mass is 10.1. The molecule has 0 saturated heterocycles. The first kappa shape index (κ1) is 13.9. The first-order valence-corrected chi connectivity index (χ1v) is 5.76. The molecule has 0 aliphatic heterocycles. The van der Waals surface area contributed by atoms with Crippen LogP contribution in [0.2, 0.25) is 0 Å². The molecule has 0 radical (unpaired) electrons. The Hall–Kier alpha value is -1.54. The smallest absolute Gasteiger partial charge is 0.383 e. The van der Waals surface area contributed by atoms with Crippen LogP contribution in [0.1, 0.15) is 21.6 Å². The van der Waals surface area contributed by atoms with Crippen molar-refractivity contribution in [3.63, 3.8) is 0 Å². The second-order valence-corrected chi connectivity index (χ2v) is 4.70. The summed E-state index contributed by atoms with van der Waals surface area (Å²) >= 11 is 0.251. The Kier molecular flexibility index (Phi) is 3.55. The monoisotopic (exact) mass is 295 g/mol. The zero-order chi connectivity index (χ0) is 14.2. The maximum atomic E-state index is 13.0. The van der Waals surface area contributed by atoms with Gasteiger partial charge in [0.25, 0.3) is 0 Å². The minimum atomic E-state index is -4.60. The zero-order valence-electron chi connectivity index (χ0n) is 9.08. The average Bonchev–Trinajstić information content (AvgIpc) is 2.81. The fourth-order valence-corrected chi connectivity index (χ4v) is 2.19. The third-order valence-electron chi connectivity index (χ3n) is 2.29. The zero-order valence-corrected chi connectivity index (χ0v) is 9.90. The minimum Gasteiger partial charge on any atom is -0.383 e. The molecule has 1 aromatic heterocycles. The van der Waals surface area contributed by atoms with Gasteiger partial charge >= 0.3 is 6.18 Å². The Morgan fingerprint density at radius 2 is 1.84 bits per heavy atom. The van der Waals surface area contributed by atoms with Gasteiger partial charge in [0, 0.05) is 6.20 Å². The molecule has 2 aromatic rings. The Balaban J connectivity index is 2.31. The SMILES string of the molecule is OC(c1ccc(F)c(F)c1)c1cnc(C(F)(F)F)s1. The van der Waals surface area contributed by atoms with Crippen molar-refractivity contribution in [1.29, 1.82) is 0 Å². The second kappa shape index (κ2) is 4.86. The molecule has 1 unspecified atom stereocenters. The number of aliphatic hydroxyl groups is 1. The average molecular weight is 295 g/mol. The highest BCUT2D eigenvalue weighted by atomic mass is 32.1. The molecule has 0 bridgehead atoms. The summed E-state index contributed by atoms with van der Waals surface area (Å²) in [5.74, 6) is -2.28. The van der Waals surface area contributed by atoms with Crippen molar-refractivity contribution in [3.05, 3.63) is 51.5 Å². The summed E-state index contributed by atoms with van der Waals surface area (Å²) in [6.45, 7) is 0. The van der Waals surface area contributed by atoms with Crippen LogP contribution in [-0.2, 0) is 6.18 Å². The van der Waals surface area contributed by atoms with Crippen molar-refractivity contribution in [1.82, 2.24) is 4.98 Å². The van der Waals surface area contributed by atoms with E-state index in [1.54, 1.807) is 0 Å². The van der Waals surface area contributed by atoms with Crippen molar-refractivity contribution >= 4 is 11.3 Å². The van der Waals surface area contributed by atoms with Gasteiger partial charge in [-0.25, -0.2) is 13.8 Å². The largest absolute Gasteiger partial charge is 0.443 e. The van der Waals surface area contributed by atoms with Gasteiger partial charge in [-0.15, -0.1) is 11.3 Å². The van der Waals surface area contributed by atoms with Crippen LogP contribution in [0.15, 0.2) is 24.4 Å². The molecule has 0 aliphatic carbocycles. The molecule has 102 valence electrons. The maximum Gasteiger partial charge on any atom is 0.443 e.